The van der Waals surface area contributed by atoms with Crippen LogP contribution in [0.15, 0.2) is 24.5 Å². The van der Waals surface area contributed by atoms with Gasteiger partial charge in [-0.25, -0.2) is 9.07 Å². The van der Waals surface area contributed by atoms with Crippen molar-refractivity contribution in [1.82, 2.24) is 20.2 Å². The summed E-state index contributed by atoms with van der Waals surface area (Å²) in [5, 5.41) is 14.4. The number of nitrogens with zero attached hydrogens (tertiary/aromatic N) is 4. The van der Waals surface area contributed by atoms with Gasteiger partial charge in [-0.15, -0.1) is 5.10 Å². The molecule has 6 heteroatoms. The maximum absolute atomic E-state index is 14.1. The van der Waals surface area contributed by atoms with E-state index < -0.39 is 0 Å². The molecule has 0 saturated heterocycles. The molecule has 2 aromatic rings. The minimum atomic E-state index is -0.247. The van der Waals surface area contributed by atoms with Gasteiger partial charge in [0.05, 0.1) is 11.4 Å². The van der Waals surface area contributed by atoms with Crippen molar-refractivity contribution in [2.45, 2.75) is 39.7 Å². The van der Waals surface area contributed by atoms with E-state index in [2.05, 4.69) is 41.6 Å². The number of anilines is 1. The lowest BCUT2D eigenvalue weighted by Crippen LogP contribution is -2.23. The van der Waals surface area contributed by atoms with Crippen molar-refractivity contribution in [2.75, 3.05) is 5.32 Å². The van der Waals surface area contributed by atoms with Crippen LogP contribution in [0.2, 0.25) is 0 Å². The average molecular weight is 289 g/mol. The molecule has 1 aliphatic carbocycles. The van der Waals surface area contributed by atoms with Crippen LogP contribution in [0.5, 0.6) is 0 Å². The zero-order valence-electron chi connectivity index (χ0n) is 12.5. The van der Waals surface area contributed by atoms with E-state index >= 15 is 0 Å². The Hall–Kier alpha value is -1.98. The Bertz CT molecular complexity index is 623. The number of rotatable bonds is 3. The van der Waals surface area contributed by atoms with Gasteiger partial charge in [0.25, 0.3) is 0 Å². The van der Waals surface area contributed by atoms with Crippen LogP contribution in [0.3, 0.4) is 0 Å². The lowest BCUT2D eigenvalue weighted by atomic mass is 9.91. The maximum Gasteiger partial charge on any atom is 0.146 e. The predicted octanol–water partition coefficient (Wildman–Crippen LogP) is 3.04. The van der Waals surface area contributed by atoms with Crippen molar-refractivity contribution < 1.29 is 4.39 Å². The van der Waals surface area contributed by atoms with Gasteiger partial charge in [-0.1, -0.05) is 20.8 Å². The molecule has 1 fully saturated rings. The van der Waals surface area contributed by atoms with Crippen molar-refractivity contribution in [3.63, 3.8) is 0 Å². The fourth-order valence-corrected chi connectivity index (χ4v) is 3.33. The molecule has 0 bridgehead atoms. The highest BCUT2D eigenvalue weighted by Crippen LogP contribution is 2.42. The largest absolute Gasteiger partial charge is 0.380 e. The van der Waals surface area contributed by atoms with E-state index in [-0.39, 0.29) is 5.82 Å². The van der Waals surface area contributed by atoms with Gasteiger partial charge in [-0.2, -0.15) is 0 Å². The molecule has 1 aromatic heterocycles. The second-order valence-corrected chi connectivity index (χ2v) is 6.72. The molecule has 1 aliphatic rings. The second-order valence-electron chi connectivity index (χ2n) is 6.72. The third-order valence-electron chi connectivity index (χ3n) is 4.24. The van der Waals surface area contributed by atoms with Crippen LogP contribution in [0.1, 0.15) is 33.6 Å². The molecule has 5 nitrogen and oxygen atoms in total. The zero-order chi connectivity index (χ0) is 15.0. The van der Waals surface area contributed by atoms with Crippen LogP contribution >= 0.6 is 0 Å². The topological polar surface area (TPSA) is 55.6 Å². The van der Waals surface area contributed by atoms with Gasteiger partial charge in [0, 0.05) is 6.04 Å². The van der Waals surface area contributed by atoms with Crippen molar-refractivity contribution in [3.8, 4) is 5.69 Å². The van der Waals surface area contributed by atoms with E-state index in [4.69, 9.17) is 0 Å². The number of nitrogens with one attached hydrogen (secondary N) is 1. The van der Waals surface area contributed by atoms with Crippen LogP contribution in [0.4, 0.5) is 10.1 Å². The number of hydrogen-bond donors (Lipinski definition) is 1. The highest BCUT2D eigenvalue weighted by atomic mass is 19.1. The molecule has 21 heavy (non-hydrogen) atoms. The van der Waals surface area contributed by atoms with Gasteiger partial charge in [0.1, 0.15) is 12.1 Å². The summed E-state index contributed by atoms with van der Waals surface area (Å²) in [5.41, 5.74) is 1.56. The van der Waals surface area contributed by atoms with Gasteiger partial charge >= 0.3 is 0 Å². The summed E-state index contributed by atoms with van der Waals surface area (Å²) in [6.45, 7) is 6.74. The van der Waals surface area contributed by atoms with Crippen LogP contribution in [0, 0.1) is 17.2 Å². The molecule has 3 rings (SSSR count). The molecule has 0 spiro atoms. The smallest absolute Gasteiger partial charge is 0.146 e. The molecule has 1 N–H and O–H groups in total. The average Bonchev–Trinajstić information content (AvgIpc) is 3.00. The third kappa shape index (κ3) is 2.89. The molecule has 112 valence electrons. The molecule has 1 heterocycles. The Morgan fingerprint density at radius 3 is 2.76 bits per heavy atom. The number of hydrogen-bond acceptors (Lipinski definition) is 4. The summed E-state index contributed by atoms with van der Waals surface area (Å²) in [7, 11) is 0. The van der Waals surface area contributed by atoms with Gasteiger partial charge in [-0.3, -0.25) is 0 Å². The SMILES string of the molecule is CC1CC(C)(C)CC1Nc1cc(-n2cnnn2)ccc1F. The zero-order valence-corrected chi connectivity index (χ0v) is 12.5. The van der Waals surface area contributed by atoms with Gasteiger partial charge < -0.3 is 5.32 Å². The molecule has 1 saturated carbocycles. The van der Waals surface area contributed by atoms with Crippen LogP contribution in [-0.2, 0) is 0 Å². The fourth-order valence-electron chi connectivity index (χ4n) is 3.33. The van der Waals surface area contributed by atoms with Crippen molar-refractivity contribution in [1.29, 1.82) is 0 Å². The van der Waals surface area contributed by atoms with E-state index in [1.807, 2.05) is 0 Å². The van der Waals surface area contributed by atoms with Crippen LogP contribution in [0.25, 0.3) is 5.69 Å². The first-order valence-corrected chi connectivity index (χ1v) is 7.24. The monoisotopic (exact) mass is 289 g/mol. The molecule has 0 amide bonds. The minimum Gasteiger partial charge on any atom is -0.380 e. The Morgan fingerprint density at radius 2 is 2.14 bits per heavy atom. The van der Waals surface area contributed by atoms with Gasteiger partial charge in [0.2, 0.25) is 0 Å². The summed E-state index contributed by atoms with van der Waals surface area (Å²) in [6.07, 6.45) is 3.69. The van der Waals surface area contributed by atoms with E-state index in [0.717, 1.165) is 18.5 Å². The Morgan fingerprint density at radius 1 is 1.33 bits per heavy atom. The lowest BCUT2D eigenvalue weighted by molar-refractivity contribution is 0.366. The quantitative estimate of drug-likeness (QED) is 0.943. The molecular weight excluding hydrogens is 269 g/mol. The minimum absolute atomic E-state index is 0.247. The Labute approximate surface area is 123 Å². The number of tetrazole rings is 1. The number of benzene rings is 1. The first-order chi connectivity index (χ1) is 9.94. The van der Waals surface area contributed by atoms with Crippen molar-refractivity contribution in [3.05, 3.63) is 30.3 Å². The molecule has 2 unspecified atom stereocenters. The van der Waals surface area contributed by atoms with Gasteiger partial charge in [0.15, 0.2) is 0 Å². The summed E-state index contributed by atoms with van der Waals surface area (Å²) >= 11 is 0. The number of aromatic nitrogens is 4. The third-order valence-corrected chi connectivity index (χ3v) is 4.24. The summed E-state index contributed by atoms with van der Waals surface area (Å²) in [6, 6.07) is 5.16. The summed E-state index contributed by atoms with van der Waals surface area (Å²) < 4.78 is 15.6. The summed E-state index contributed by atoms with van der Waals surface area (Å²) in [4.78, 5) is 0. The molecular formula is C15H20FN5. The fraction of sp³-hybridized carbons (Fsp3) is 0.533. The highest BCUT2D eigenvalue weighted by molar-refractivity contribution is 5.52. The van der Waals surface area contributed by atoms with E-state index in [1.165, 1.54) is 17.1 Å². The molecule has 0 radical (unpaired) electrons. The molecule has 0 aliphatic heterocycles. The van der Waals surface area contributed by atoms with Crippen LogP contribution < -0.4 is 5.32 Å². The van der Waals surface area contributed by atoms with Crippen molar-refractivity contribution in [2.24, 2.45) is 11.3 Å². The first kappa shape index (κ1) is 14.0. The predicted molar refractivity (Wildman–Crippen MR) is 78.7 cm³/mol. The maximum atomic E-state index is 14.1. The van der Waals surface area contributed by atoms with Crippen molar-refractivity contribution >= 4 is 5.69 Å². The van der Waals surface area contributed by atoms with Crippen LogP contribution in [-0.4, -0.2) is 26.2 Å². The lowest BCUT2D eigenvalue weighted by Gasteiger charge is -2.20. The van der Waals surface area contributed by atoms with E-state index in [0.29, 0.717) is 23.1 Å². The second kappa shape index (κ2) is 5.09. The molecule has 1 aromatic carbocycles. The Kier molecular flexibility index (Phi) is 3.39. The molecule has 2 atom stereocenters. The summed E-state index contributed by atoms with van der Waals surface area (Å²) in [5.74, 6) is 0.278. The van der Waals surface area contributed by atoms with E-state index in [9.17, 15) is 4.39 Å². The number of halogens is 1. The van der Waals surface area contributed by atoms with Gasteiger partial charge in [-0.05, 0) is 52.8 Å². The normalized spacial score (nSPS) is 24.2. The van der Waals surface area contributed by atoms with E-state index in [1.54, 1.807) is 12.1 Å². The standard InChI is InChI=1S/C15H20FN5/c1-10-7-15(2,3)8-14(10)18-13-6-11(4-5-12(13)16)21-9-17-19-20-21/h4-6,9-10,14,18H,7-8H2,1-3H3. The first-order valence-electron chi connectivity index (χ1n) is 7.24. The Balaban J connectivity index is 1.84. The highest BCUT2D eigenvalue weighted by Gasteiger charge is 2.36.